The van der Waals surface area contributed by atoms with Crippen LogP contribution in [-0.2, 0) is 11.3 Å². The molecule has 0 saturated heterocycles. The number of rotatable bonds is 4. The molecule has 1 heterocycles. The number of carbonyl (C=O) groups excluding carboxylic acids is 1. The molecule has 20 heavy (non-hydrogen) atoms. The zero-order valence-electron chi connectivity index (χ0n) is 12.9. The van der Waals surface area contributed by atoms with Gasteiger partial charge in [-0.2, -0.15) is 0 Å². The first-order chi connectivity index (χ1) is 9.44. The first kappa shape index (κ1) is 15.1. The summed E-state index contributed by atoms with van der Waals surface area (Å²) in [6.45, 7) is 7.08. The van der Waals surface area contributed by atoms with Gasteiger partial charge >= 0.3 is 5.97 Å². The van der Waals surface area contributed by atoms with Gasteiger partial charge in [0.05, 0.1) is 13.7 Å². The topological polar surface area (TPSA) is 51.5 Å². The van der Waals surface area contributed by atoms with Crippen LogP contribution in [0.15, 0.2) is 10.5 Å². The number of hydrogen-bond acceptors (Lipinski definition) is 4. The molecule has 0 radical (unpaired) electrons. The summed E-state index contributed by atoms with van der Waals surface area (Å²) in [5.41, 5.74) is 0.845. The van der Waals surface area contributed by atoms with Crippen LogP contribution < -0.4 is 5.32 Å². The van der Waals surface area contributed by atoms with Crippen LogP contribution in [-0.4, -0.2) is 19.1 Å². The monoisotopic (exact) mass is 279 g/mol. The van der Waals surface area contributed by atoms with Gasteiger partial charge < -0.3 is 14.5 Å². The summed E-state index contributed by atoms with van der Waals surface area (Å²) in [5.74, 6) is 1.08. The number of methoxy groups -OCH3 is 1. The summed E-state index contributed by atoms with van der Waals surface area (Å²) < 4.78 is 10.4. The van der Waals surface area contributed by atoms with E-state index in [-0.39, 0.29) is 5.97 Å². The quantitative estimate of drug-likeness (QED) is 0.858. The molecule has 1 aromatic rings. The van der Waals surface area contributed by atoms with E-state index >= 15 is 0 Å². The fourth-order valence-electron chi connectivity index (χ4n) is 3.04. The molecular formula is C16H25NO3. The van der Waals surface area contributed by atoms with Crippen LogP contribution in [0, 0.1) is 12.3 Å². The predicted molar refractivity (Wildman–Crippen MR) is 77.7 cm³/mol. The van der Waals surface area contributed by atoms with Gasteiger partial charge in [0.15, 0.2) is 0 Å². The van der Waals surface area contributed by atoms with Gasteiger partial charge in [-0.05, 0) is 31.2 Å². The molecule has 0 amide bonds. The van der Waals surface area contributed by atoms with Gasteiger partial charge in [0.1, 0.15) is 17.1 Å². The van der Waals surface area contributed by atoms with Crippen molar-refractivity contribution in [3.8, 4) is 0 Å². The van der Waals surface area contributed by atoms with E-state index in [2.05, 4.69) is 19.2 Å². The highest BCUT2D eigenvalue weighted by Crippen LogP contribution is 2.35. The molecule has 1 atom stereocenters. The van der Waals surface area contributed by atoms with Crippen molar-refractivity contribution < 1.29 is 13.9 Å². The van der Waals surface area contributed by atoms with Crippen molar-refractivity contribution in [2.75, 3.05) is 7.11 Å². The second-order valence-corrected chi connectivity index (χ2v) is 6.34. The van der Waals surface area contributed by atoms with Gasteiger partial charge in [0, 0.05) is 6.04 Å². The Balaban J connectivity index is 1.99. The molecule has 1 unspecified atom stereocenters. The summed E-state index contributed by atoms with van der Waals surface area (Å²) in [5, 5.41) is 3.58. The van der Waals surface area contributed by atoms with E-state index in [0.29, 0.717) is 29.3 Å². The number of furan rings is 1. The lowest BCUT2D eigenvalue weighted by Gasteiger charge is -2.39. The Morgan fingerprint density at radius 1 is 1.50 bits per heavy atom. The molecule has 0 aliphatic heterocycles. The second-order valence-electron chi connectivity index (χ2n) is 6.34. The Morgan fingerprint density at radius 2 is 2.25 bits per heavy atom. The minimum Gasteiger partial charge on any atom is -0.465 e. The summed E-state index contributed by atoms with van der Waals surface area (Å²) in [6, 6.07) is 2.28. The Bertz CT molecular complexity index is 476. The van der Waals surface area contributed by atoms with Crippen molar-refractivity contribution in [1.82, 2.24) is 5.32 Å². The third-order valence-electron chi connectivity index (χ3n) is 4.40. The van der Waals surface area contributed by atoms with Crippen LogP contribution in [0.3, 0.4) is 0 Å². The number of hydrogen-bond donors (Lipinski definition) is 1. The van der Waals surface area contributed by atoms with E-state index in [9.17, 15) is 4.79 Å². The molecule has 4 heteroatoms. The number of aryl methyl sites for hydroxylation is 1. The third-order valence-corrected chi connectivity index (χ3v) is 4.40. The van der Waals surface area contributed by atoms with Gasteiger partial charge in [0.2, 0.25) is 0 Å². The van der Waals surface area contributed by atoms with E-state index < -0.39 is 0 Å². The van der Waals surface area contributed by atoms with Crippen LogP contribution in [0.5, 0.6) is 0 Å². The first-order valence-electron chi connectivity index (χ1n) is 7.35. The lowest BCUT2D eigenvalue weighted by Crippen LogP contribution is -2.43. The maximum absolute atomic E-state index is 11.6. The molecule has 4 nitrogen and oxygen atoms in total. The van der Waals surface area contributed by atoms with Crippen LogP contribution in [0.1, 0.15) is 61.4 Å². The van der Waals surface area contributed by atoms with Gasteiger partial charge in [-0.1, -0.05) is 26.7 Å². The molecule has 2 rings (SSSR count). The number of ether oxygens (including phenoxy) is 1. The number of esters is 1. The van der Waals surface area contributed by atoms with E-state index in [1.165, 1.54) is 32.8 Å². The standard InChI is InChI=1S/C16H25NO3/c1-11-13(15(18)19-4)9-12(20-11)10-17-14-7-5-6-8-16(14,2)3/h9,14,17H,5-8,10H2,1-4H3. The van der Waals surface area contributed by atoms with Crippen molar-refractivity contribution in [3.63, 3.8) is 0 Å². The van der Waals surface area contributed by atoms with E-state index in [4.69, 9.17) is 9.15 Å². The van der Waals surface area contributed by atoms with Gasteiger partial charge in [-0.25, -0.2) is 4.79 Å². The highest BCUT2D eigenvalue weighted by molar-refractivity contribution is 5.90. The van der Waals surface area contributed by atoms with E-state index in [0.717, 1.165) is 5.76 Å². The number of carbonyl (C=O) groups is 1. The fourth-order valence-corrected chi connectivity index (χ4v) is 3.04. The highest BCUT2D eigenvalue weighted by atomic mass is 16.5. The molecule has 1 aliphatic carbocycles. The van der Waals surface area contributed by atoms with Gasteiger partial charge in [-0.3, -0.25) is 0 Å². The Morgan fingerprint density at radius 3 is 2.90 bits per heavy atom. The molecule has 1 aliphatic rings. The molecule has 1 fully saturated rings. The smallest absolute Gasteiger partial charge is 0.341 e. The van der Waals surface area contributed by atoms with E-state index in [1.54, 1.807) is 13.0 Å². The second kappa shape index (κ2) is 6.00. The Hall–Kier alpha value is -1.29. The average molecular weight is 279 g/mol. The largest absolute Gasteiger partial charge is 0.465 e. The van der Waals surface area contributed by atoms with Crippen molar-refractivity contribution >= 4 is 5.97 Å². The van der Waals surface area contributed by atoms with Gasteiger partial charge in [-0.15, -0.1) is 0 Å². The Labute approximate surface area is 120 Å². The van der Waals surface area contributed by atoms with Crippen molar-refractivity contribution in [1.29, 1.82) is 0 Å². The summed E-state index contributed by atoms with van der Waals surface area (Å²) >= 11 is 0. The van der Waals surface area contributed by atoms with Crippen molar-refractivity contribution in [2.45, 2.75) is 59.0 Å². The summed E-state index contributed by atoms with van der Waals surface area (Å²) in [6.07, 6.45) is 5.06. The third kappa shape index (κ3) is 3.23. The van der Waals surface area contributed by atoms with Crippen molar-refractivity contribution in [3.05, 3.63) is 23.2 Å². The molecule has 0 spiro atoms. The summed E-state index contributed by atoms with van der Waals surface area (Å²) in [7, 11) is 1.39. The molecular weight excluding hydrogens is 254 g/mol. The van der Waals surface area contributed by atoms with Gasteiger partial charge in [0.25, 0.3) is 0 Å². The lowest BCUT2D eigenvalue weighted by atomic mass is 9.73. The van der Waals surface area contributed by atoms with Crippen LogP contribution in [0.25, 0.3) is 0 Å². The maximum Gasteiger partial charge on any atom is 0.341 e. The minimum atomic E-state index is -0.338. The predicted octanol–water partition coefficient (Wildman–Crippen LogP) is 3.43. The molecule has 112 valence electrons. The zero-order valence-corrected chi connectivity index (χ0v) is 12.9. The SMILES string of the molecule is COC(=O)c1cc(CNC2CCCCC2(C)C)oc1C. The molecule has 1 N–H and O–H groups in total. The van der Waals surface area contributed by atoms with Crippen LogP contribution in [0.4, 0.5) is 0 Å². The molecule has 0 aromatic carbocycles. The normalized spacial score (nSPS) is 21.7. The van der Waals surface area contributed by atoms with E-state index in [1.807, 2.05) is 0 Å². The summed E-state index contributed by atoms with van der Waals surface area (Å²) in [4.78, 5) is 11.6. The lowest BCUT2D eigenvalue weighted by molar-refractivity contribution is 0.0599. The first-order valence-corrected chi connectivity index (χ1v) is 7.35. The van der Waals surface area contributed by atoms with Crippen molar-refractivity contribution in [2.24, 2.45) is 5.41 Å². The fraction of sp³-hybridized carbons (Fsp3) is 0.688. The zero-order chi connectivity index (χ0) is 14.8. The Kier molecular flexibility index (Phi) is 4.53. The van der Waals surface area contributed by atoms with Crippen LogP contribution >= 0.6 is 0 Å². The highest BCUT2D eigenvalue weighted by Gasteiger charge is 2.31. The maximum atomic E-state index is 11.6. The molecule has 1 aromatic heterocycles. The minimum absolute atomic E-state index is 0.324. The molecule has 1 saturated carbocycles. The molecule has 0 bridgehead atoms. The average Bonchev–Trinajstić information content (AvgIpc) is 2.77. The van der Waals surface area contributed by atoms with Crippen LogP contribution in [0.2, 0.25) is 0 Å². The number of nitrogens with one attached hydrogen (secondary N) is 1.